The molecule has 0 saturated heterocycles. The van der Waals surface area contributed by atoms with E-state index in [1.165, 1.54) is 11.0 Å². The molecule has 2 aromatic heterocycles. The lowest BCUT2D eigenvalue weighted by molar-refractivity contribution is -0.134. The van der Waals surface area contributed by atoms with Crippen LogP contribution in [0.15, 0.2) is 79.4 Å². The molecule has 0 N–H and O–H groups in total. The van der Waals surface area contributed by atoms with Crippen molar-refractivity contribution in [1.29, 1.82) is 0 Å². The highest BCUT2D eigenvalue weighted by molar-refractivity contribution is 5.80. The summed E-state index contributed by atoms with van der Waals surface area (Å²) < 4.78 is 3.32. The second kappa shape index (κ2) is 8.47. The Kier molecular flexibility index (Phi) is 5.42. The molecule has 29 heavy (non-hydrogen) atoms. The number of likely N-dealkylation sites (N-methyl/N-ethyl adjacent to an activating group) is 1. The molecule has 0 fully saturated rings. The Bertz CT molecular complexity index is 1050. The van der Waals surface area contributed by atoms with Crippen molar-refractivity contribution in [2.75, 3.05) is 7.05 Å². The van der Waals surface area contributed by atoms with Gasteiger partial charge < -0.3 is 4.90 Å². The minimum absolute atomic E-state index is 0.0615. The lowest BCUT2D eigenvalue weighted by Gasteiger charge is -2.23. The van der Waals surface area contributed by atoms with Crippen LogP contribution in [-0.4, -0.2) is 47.8 Å². The van der Waals surface area contributed by atoms with Crippen molar-refractivity contribution in [2.45, 2.75) is 19.0 Å². The Labute approximate surface area is 168 Å². The van der Waals surface area contributed by atoms with Crippen LogP contribution >= 0.6 is 0 Å². The molecule has 0 aliphatic heterocycles. The first kappa shape index (κ1) is 18.5. The fourth-order valence-electron chi connectivity index (χ4n) is 3.21. The molecule has 4 rings (SSSR count). The molecule has 8 heteroatoms. The first-order chi connectivity index (χ1) is 14.2. The summed E-state index contributed by atoms with van der Waals surface area (Å²) in [5, 5.41) is 15.8. The zero-order valence-corrected chi connectivity index (χ0v) is 16.0. The molecule has 146 valence electrons. The van der Waals surface area contributed by atoms with Gasteiger partial charge in [-0.3, -0.25) is 4.79 Å². The molecule has 0 spiro atoms. The molecule has 0 saturated carbocycles. The average Bonchev–Trinajstić information content (AvgIpc) is 3.45. The van der Waals surface area contributed by atoms with E-state index in [0.717, 1.165) is 16.8 Å². The van der Waals surface area contributed by atoms with Gasteiger partial charge in [-0.2, -0.15) is 5.10 Å². The minimum Gasteiger partial charge on any atom is -0.339 e. The fourth-order valence-corrected chi connectivity index (χ4v) is 3.21. The molecule has 8 nitrogen and oxygen atoms in total. The van der Waals surface area contributed by atoms with Gasteiger partial charge >= 0.3 is 0 Å². The van der Waals surface area contributed by atoms with Crippen molar-refractivity contribution in [3.05, 3.63) is 90.5 Å². The molecule has 2 aromatic carbocycles. The van der Waals surface area contributed by atoms with Crippen molar-refractivity contribution >= 4 is 5.91 Å². The number of carbonyl (C=O) groups is 1. The molecule has 1 unspecified atom stereocenters. The van der Waals surface area contributed by atoms with Crippen molar-refractivity contribution in [1.82, 2.24) is 34.9 Å². The molecule has 0 radical (unpaired) electrons. The van der Waals surface area contributed by atoms with Gasteiger partial charge in [-0.1, -0.05) is 48.5 Å². The Morgan fingerprint density at radius 3 is 2.45 bits per heavy atom. The SMILES string of the molecule is CN(Cc1cnn(-c2ccccc2)c1)C(=O)C(Cc1ccccc1)n1cnnn1. The molecule has 0 bridgehead atoms. The number of hydrogen-bond donors (Lipinski definition) is 0. The first-order valence-corrected chi connectivity index (χ1v) is 9.31. The maximum atomic E-state index is 13.2. The van der Waals surface area contributed by atoms with Crippen LogP contribution < -0.4 is 0 Å². The maximum Gasteiger partial charge on any atom is 0.247 e. The van der Waals surface area contributed by atoms with Gasteiger partial charge in [-0.25, -0.2) is 9.36 Å². The van der Waals surface area contributed by atoms with E-state index < -0.39 is 6.04 Å². The highest BCUT2D eigenvalue weighted by Gasteiger charge is 2.25. The minimum atomic E-state index is -0.512. The van der Waals surface area contributed by atoms with Gasteiger partial charge in [0.25, 0.3) is 0 Å². The molecule has 1 amide bonds. The van der Waals surface area contributed by atoms with Gasteiger partial charge in [-0.15, -0.1) is 5.10 Å². The Morgan fingerprint density at radius 1 is 1.03 bits per heavy atom. The zero-order chi connectivity index (χ0) is 20.1. The van der Waals surface area contributed by atoms with E-state index in [9.17, 15) is 4.79 Å². The summed E-state index contributed by atoms with van der Waals surface area (Å²) in [6, 6.07) is 19.2. The van der Waals surface area contributed by atoms with Crippen LogP contribution in [0.1, 0.15) is 17.2 Å². The van der Waals surface area contributed by atoms with E-state index in [1.54, 1.807) is 22.8 Å². The van der Waals surface area contributed by atoms with Gasteiger partial charge in [0.1, 0.15) is 12.4 Å². The lowest BCUT2D eigenvalue weighted by atomic mass is 10.0. The van der Waals surface area contributed by atoms with E-state index in [2.05, 4.69) is 20.6 Å². The van der Waals surface area contributed by atoms with Crippen LogP contribution in [0.5, 0.6) is 0 Å². The number of aromatic nitrogens is 6. The number of tetrazole rings is 1. The van der Waals surface area contributed by atoms with Crippen molar-refractivity contribution in [3.63, 3.8) is 0 Å². The molecule has 4 aromatic rings. The summed E-state index contributed by atoms with van der Waals surface area (Å²) in [5.41, 5.74) is 2.97. The number of carbonyl (C=O) groups excluding carboxylic acids is 1. The molecule has 0 aliphatic carbocycles. The number of para-hydroxylation sites is 1. The first-order valence-electron chi connectivity index (χ1n) is 9.31. The quantitative estimate of drug-likeness (QED) is 0.486. The molecular weight excluding hydrogens is 366 g/mol. The average molecular weight is 387 g/mol. The van der Waals surface area contributed by atoms with Gasteiger partial charge in [0.15, 0.2) is 0 Å². The van der Waals surface area contributed by atoms with Gasteiger partial charge in [-0.05, 0) is 28.1 Å². The highest BCUT2D eigenvalue weighted by atomic mass is 16.2. The predicted octanol–water partition coefficient (Wildman–Crippen LogP) is 2.30. The van der Waals surface area contributed by atoms with Gasteiger partial charge in [0.05, 0.1) is 11.9 Å². The maximum absolute atomic E-state index is 13.2. The van der Waals surface area contributed by atoms with Crippen LogP contribution in [0.2, 0.25) is 0 Å². The van der Waals surface area contributed by atoms with Crippen LogP contribution in [0.25, 0.3) is 5.69 Å². The van der Waals surface area contributed by atoms with E-state index in [-0.39, 0.29) is 5.91 Å². The number of nitrogens with zero attached hydrogens (tertiary/aromatic N) is 7. The fraction of sp³-hybridized carbons (Fsp3) is 0.190. The standard InChI is InChI=1S/C21H21N7O/c1-26(14-18-13-23-27(15-18)19-10-6-3-7-11-19)21(29)20(28-16-22-24-25-28)12-17-8-4-2-5-9-17/h2-11,13,15-16,20H,12,14H2,1H3. The number of benzene rings is 2. The third-order valence-corrected chi connectivity index (χ3v) is 4.69. The van der Waals surface area contributed by atoms with E-state index >= 15 is 0 Å². The zero-order valence-electron chi connectivity index (χ0n) is 16.0. The topological polar surface area (TPSA) is 81.7 Å². The highest BCUT2D eigenvalue weighted by Crippen LogP contribution is 2.17. The second-order valence-electron chi connectivity index (χ2n) is 6.82. The number of rotatable bonds is 7. The van der Waals surface area contributed by atoms with Crippen molar-refractivity contribution < 1.29 is 4.79 Å². The molecule has 2 heterocycles. The van der Waals surface area contributed by atoms with E-state index in [4.69, 9.17) is 0 Å². The third kappa shape index (κ3) is 4.37. The van der Waals surface area contributed by atoms with Gasteiger partial charge in [0.2, 0.25) is 5.91 Å². The van der Waals surface area contributed by atoms with E-state index in [1.807, 2.05) is 66.9 Å². The van der Waals surface area contributed by atoms with Gasteiger partial charge in [0, 0.05) is 31.8 Å². The number of hydrogen-bond acceptors (Lipinski definition) is 5. The predicted molar refractivity (Wildman–Crippen MR) is 107 cm³/mol. The van der Waals surface area contributed by atoms with Crippen molar-refractivity contribution in [3.8, 4) is 5.69 Å². The van der Waals surface area contributed by atoms with Crippen molar-refractivity contribution in [2.24, 2.45) is 0 Å². The normalized spacial score (nSPS) is 11.9. The largest absolute Gasteiger partial charge is 0.339 e. The van der Waals surface area contributed by atoms with Crippen LogP contribution in [0.4, 0.5) is 0 Å². The third-order valence-electron chi connectivity index (χ3n) is 4.69. The molecule has 1 atom stereocenters. The summed E-state index contributed by atoms with van der Waals surface area (Å²) in [6.07, 6.45) is 5.70. The summed E-state index contributed by atoms with van der Waals surface area (Å²) in [7, 11) is 1.78. The summed E-state index contributed by atoms with van der Waals surface area (Å²) in [4.78, 5) is 14.9. The van der Waals surface area contributed by atoms with Crippen LogP contribution in [0, 0.1) is 0 Å². The monoisotopic (exact) mass is 387 g/mol. The molecule has 0 aliphatic rings. The summed E-state index contributed by atoms with van der Waals surface area (Å²) in [5.74, 6) is -0.0615. The van der Waals surface area contributed by atoms with E-state index in [0.29, 0.717) is 13.0 Å². The van der Waals surface area contributed by atoms with Crippen LogP contribution in [0.3, 0.4) is 0 Å². The summed E-state index contributed by atoms with van der Waals surface area (Å²) >= 11 is 0. The molecular formula is C21H21N7O. The Balaban J connectivity index is 1.50. The number of amides is 1. The summed E-state index contributed by atoms with van der Waals surface area (Å²) in [6.45, 7) is 0.444. The lowest BCUT2D eigenvalue weighted by Crippen LogP contribution is -2.35. The second-order valence-corrected chi connectivity index (χ2v) is 6.82. The Hall–Kier alpha value is -3.81. The van der Waals surface area contributed by atoms with Crippen LogP contribution in [-0.2, 0) is 17.8 Å². The Morgan fingerprint density at radius 2 is 1.76 bits per heavy atom. The smallest absolute Gasteiger partial charge is 0.247 e.